The van der Waals surface area contributed by atoms with E-state index in [1.54, 1.807) is 13.0 Å². The number of carbonyl (C=O) groups excluding carboxylic acids is 1. The molecule has 2 unspecified atom stereocenters. The van der Waals surface area contributed by atoms with Crippen LogP contribution in [0.2, 0.25) is 0 Å². The molecule has 1 aliphatic carbocycles. The van der Waals surface area contributed by atoms with E-state index in [4.69, 9.17) is 13.9 Å². The number of Topliss-reactive ketones (excluding diaryl/α,β-unsaturated/α-hetero) is 1. The van der Waals surface area contributed by atoms with E-state index in [-0.39, 0.29) is 51.1 Å². The lowest BCUT2D eigenvalue weighted by molar-refractivity contribution is -0.122. The summed E-state index contributed by atoms with van der Waals surface area (Å²) in [6.45, 7) is 1.59. The molecule has 30 heavy (non-hydrogen) atoms. The number of hydrogen-bond donors (Lipinski definition) is 3. The first kappa shape index (κ1) is 18.1. The summed E-state index contributed by atoms with van der Waals surface area (Å²) in [5, 5.41) is 30.7. The first-order valence-electron chi connectivity index (χ1n) is 9.13. The molecule has 1 aliphatic heterocycles. The fourth-order valence-electron chi connectivity index (χ4n) is 4.16. The quantitative estimate of drug-likeness (QED) is 0.590. The van der Waals surface area contributed by atoms with Crippen molar-refractivity contribution < 1.29 is 34.0 Å². The molecule has 3 N–H and O–H groups in total. The number of aliphatic hydroxyl groups is 1. The number of aromatic hydroxyl groups is 2. The molecule has 3 aromatic rings. The summed E-state index contributed by atoms with van der Waals surface area (Å²) in [6, 6.07) is 7.21. The summed E-state index contributed by atoms with van der Waals surface area (Å²) in [4.78, 5) is 25.1. The third kappa shape index (κ3) is 2.27. The Morgan fingerprint density at radius 3 is 2.53 bits per heavy atom. The van der Waals surface area contributed by atoms with Crippen molar-refractivity contribution in [2.24, 2.45) is 0 Å². The van der Waals surface area contributed by atoms with E-state index in [0.29, 0.717) is 11.1 Å². The lowest BCUT2D eigenvalue weighted by Crippen LogP contribution is -2.24. The Hall–Kier alpha value is -3.94. The van der Waals surface area contributed by atoms with E-state index in [1.807, 2.05) is 0 Å². The average Bonchev–Trinajstić information content (AvgIpc) is 3.19. The van der Waals surface area contributed by atoms with Crippen molar-refractivity contribution in [2.75, 3.05) is 7.11 Å². The van der Waals surface area contributed by atoms with Gasteiger partial charge in [-0.3, -0.25) is 9.59 Å². The number of methoxy groups -OCH3 is 1. The fraction of sp³-hybridized carbons (Fsp3) is 0.182. The van der Waals surface area contributed by atoms with Crippen molar-refractivity contribution in [3.8, 4) is 34.3 Å². The zero-order chi connectivity index (χ0) is 21.3. The van der Waals surface area contributed by atoms with Crippen LogP contribution in [-0.2, 0) is 4.79 Å². The van der Waals surface area contributed by atoms with Gasteiger partial charge in [-0.15, -0.1) is 0 Å². The van der Waals surface area contributed by atoms with Gasteiger partial charge in [-0.2, -0.15) is 0 Å². The highest BCUT2D eigenvalue weighted by Crippen LogP contribution is 2.53. The van der Waals surface area contributed by atoms with E-state index in [9.17, 15) is 24.9 Å². The van der Waals surface area contributed by atoms with Crippen molar-refractivity contribution in [1.82, 2.24) is 0 Å². The van der Waals surface area contributed by atoms with Crippen molar-refractivity contribution in [3.05, 3.63) is 57.5 Å². The molecule has 0 amide bonds. The van der Waals surface area contributed by atoms with Gasteiger partial charge >= 0.3 is 0 Å². The lowest BCUT2D eigenvalue weighted by atomic mass is 9.91. The Bertz CT molecular complexity index is 1350. The van der Waals surface area contributed by atoms with Gasteiger partial charge in [0.25, 0.3) is 0 Å². The van der Waals surface area contributed by atoms with E-state index in [2.05, 4.69) is 0 Å². The van der Waals surface area contributed by atoms with Crippen LogP contribution in [0.25, 0.3) is 22.3 Å². The number of phenolic OH excluding ortho intramolecular Hbond substituents is 2. The molecule has 152 valence electrons. The summed E-state index contributed by atoms with van der Waals surface area (Å²) in [5.74, 6) is -1.40. The molecule has 0 saturated heterocycles. The van der Waals surface area contributed by atoms with Gasteiger partial charge in [0.05, 0.1) is 13.0 Å². The summed E-state index contributed by atoms with van der Waals surface area (Å²) >= 11 is 0. The molecule has 1 aromatic heterocycles. The smallest absolute Gasteiger partial charge is 0.238 e. The molecular formula is C22H16O8. The highest BCUT2D eigenvalue weighted by molar-refractivity contribution is 6.04. The third-order valence-corrected chi connectivity index (χ3v) is 5.66. The number of ether oxygens (including phenoxy) is 2. The van der Waals surface area contributed by atoms with Crippen LogP contribution < -0.4 is 14.9 Å². The number of benzene rings is 2. The lowest BCUT2D eigenvalue weighted by Gasteiger charge is -2.11. The van der Waals surface area contributed by atoms with Crippen molar-refractivity contribution in [2.45, 2.75) is 18.9 Å². The largest absolute Gasteiger partial charge is 0.507 e. The topological polar surface area (TPSA) is 126 Å². The van der Waals surface area contributed by atoms with Crippen molar-refractivity contribution >= 4 is 16.8 Å². The van der Waals surface area contributed by atoms with Gasteiger partial charge in [0, 0.05) is 23.3 Å². The van der Waals surface area contributed by atoms with Gasteiger partial charge in [-0.1, -0.05) is 0 Å². The molecular weight excluding hydrogens is 392 g/mol. The maximum absolute atomic E-state index is 12.8. The minimum atomic E-state index is -0.976. The van der Waals surface area contributed by atoms with Gasteiger partial charge in [-0.25, -0.2) is 0 Å². The van der Waals surface area contributed by atoms with Gasteiger partial charge in [0.2, 0.25) is 5.78 Å². The van der Waals surface area contributed by atoms with Crippen LogP contribution in [-0.4, -0.2) is 34.3 Å². The first-order chi connectivity index (χ1) is 14.3. The predicted molar refractivity (Wildman–Crippen MR) is 105 cm³/mol. The summed E-state index contributed by atoms with van der Waals surface area (Å²) < 4.78 is 16.5. The standard InChI is InChI=1S/C22H16O8/c1-8-16-18-15(30-22(16)21(27)19(8)25)7-14-17(20(18)26)11(24)6-13(29-14)9-3-4-12(28-2)10(23)5-9/h3-7,16,22-23,25-26H,1-2H3. The second kappa shape index (κ2) is 6.03. The molecule has 2 atom stereocenters. The minimum absolute atomic E-state index is 0.0499. The second-order valence-corrected chi connectivity index (χ2v) is 7.28. The van der Waals surface area contributed by atoms with Crippen molar-refractivity contribution in [3.63, 3.8) is 0 Å². The predicted octanol–water partition coefficient (Wildman–Crippen LogP) is 3.14. The molecule has 0 bridgehead atoms. The summed E-state index contributed by atoms with van der Waals surface area (Å²) in [5.41, 5.74) is 0.671. The van der Waals surface area contributed by atoms with E-state index in [0.717, 1.165) is 0 Å². The fourth-order valence-corrected chi connectivity index (χ4v) is 4.16. The normalized spacial score (nSPS) is 19.7. The number of fused-ring (bicyclic) bond motifs is 4. The van der Waals surface area contributed by atoms with E-state index >= 15 is 0 Å². The number of hydrogen-bond acceptors (Lipinski definition) is 8. The molecule has 0 radical (unpaired) electrons. The zero-order valence-corrected chi connectivity index (χ0v) is 15.9. The Morgan fingerprint density at radius 1 is 1.07 bits per heavy atom. The monoisotopic (exact) mass is 408 g/mol. The number of carbonyl (C=O) groups is 1. The number of rotatable bonds is 2. The van der Waals surface area contributed by atoms with Gasteiger partial charge in [0.15, 0.2) is 28.8 Å². The first-order valence-corrected chi connectivity index (χ1v) is 9.13. The molecule has 0 fully saturated rings. The summed E-state index contributed by atoms with van der Waals surface area (Å²) in [6.07, 6.45) is -0.976. The van der Waals surface area contributed by atoms with Crippen LogP contribution in [0.1, 0.15) is 18.4 Å². The number of ketones is 1. The van der Waals surface area contributed by atoms with Crippen LogP contribution >= 0.6 is 0 Å². The Kier molecular flexibility index (Phi) is 3.64. The highest BCUT2D eigenvalue weighted by atomic mass is 16.5. The van der Waals surface area contributed by atoms with Gasteiger partial charge < -0.3 is 29.2 Å². The molecule has 0 spiro atoms. The molecule has 5 rings (SSSR count). The zero-order valence-electron chi connectivity index (χ0n) is 15.9. The maximum Gasteiger partial charge on any atom is 0.238 e. The molecule has 0 saturated carbocycles. The molecule has 2 aliphatic rings. The van der Waals surface area contributed by atoms with Gasteiger partial charge in [-0.05, 0) is 30.7 Å². The molecule has 2 heterocycles. The van der Waals surface area contributed by atoms with Crippen LogP contribution in [0.3, 0.4) is 0 Å². The van der Waals surface area contributed by atoms with Crippen LogP contribution in [0.5, 0.6) is 23.0 Å². The Labute approximate surface area is 169 Å². The second-order valence-electron chi connectivity index (χ2n) is 7.28. The van der Waals surface area contributed by atoms with E-state index < -0.39 is 23.2 Å². The Balaban J connectivity index is 1.71. The van der Waals surface area contributed by atoms with Crippen LogP contribution in [0.15, 0.2) is 50.9 Å². The van der Waals surface area contributed by atoms with Gasteiger partial charge in [0.1, 0.15) is 28.2 Å². The maximum atomic E-state index is 12.8. The minimum Gasteiger partial charge on any atom is -0.507 e. The number of phenols is 2. The molecule has 8 heteroatoms. The number of aliphatic hydroxyl groups excluding tert-OH is 1. The third-order valence-electron chi connectivity index (χ3n) is 5.66. The van der Waals surface area contributed by atoms with Crippen LogP contribution in [0, 0.1) is 0 Å². The average molecular weight is 408 g/mol. The molecule has 2 aromatic carbocycles. The van der Waals surface area contributed by atoms with Crippen LogP contribution in [0.4, 0.5) is 0 Å². The van der Waals surface area contributed by atoms with E-state index in [1.165, 1.54) is 31.4 Å². The summed E-state index contributed by atoms with van der Waals surface area (Å²) in [7, 11) is 1.42. The molecule has 8 nitrogen and oxygen atoms in total. The highest BCUT2D eigenvalue weighted by Gasteiger charge is 2.50. The van der Waals surface area contributed by atoms with Crippen molar-refractivity contribution in [1.29, 1.82) is 0 Å². The Morgan fingerprint density at radius 2 is 1.83 bits per heavy atom. The SMILES string of the molecule is COc1ccc(-c2cc(=O)c3c(O)c4c(cc3o2)OC2C(=O)C(O)=C(C)C42)cc1O.